The minimum Gasteiger partial charge on any atom is -0.496 e. The van der Waals surface area contributed by atoms with Crippen molar-refractivity contribution < 1.29 is 9.84 Å². The van der Waals surface area contributed by atoms with Crippen LogP contribution in [0.5, 0.6) is 5.75 Å². The minimum absolute atomic E-state index is 0.287. The summed E-state index contributed by atoms with van der Waals surface area (Å²) in [5.74, 6) is 3.80. The van der Waals surface area contributed by atoms with Crippen LogP contribution < -0.4 is 4.74 Å². The first-order valence-electron chi connectivity index (χ1n) is 7.27. The van der Waals surface area contributed by atoms with Crippen molar-refractivity contribution >= 4 is 0 Å². The molecule has 0 unspecified atom stereocenters. The Bertz CT molecular complexity index is 350. The number of hydrogen-bond donors (Lipinski definition) is 1. The Morgan fingerprint density at radius 2 is 1.40 bits per heavy atom. The van der Waals surface area contributed by atoms with Crippen molar-refractivity contribution in [2.24, 2.45) is 5.92 Å². The van der Waals surface area contributed by atoms with Gasteiger partial charge < -0.3 is 9.84 Å². The average Bonchev–Trinajstić information content (AvgIpc) is 2.44. The fourth-order valence-electron chi connectivity index (χ4n) is 1.25. The Hall–Kier alpha value is -1.62. The first-order valence-corrected chi connectivity index (χ1v) is 7.27. The molecule has 0 bridgehead atoms. The van der Waals surface area contributed by atoms with Gasteiger partial charge in [0.2, 0.25) is 0 Å². The molecule has 1 aromatic rings. The number of aryl methyl sites for hydroxylation is 2. The zero-order chi connectivity index (χ0) is 16.6. The summed E-state index contributed by atoms with van der Waals surface area (Å²) < 4.78 is 5.18. The zero-order valence-electron chi connectivity index (χ0n) is 14.7. The molecule has 2 nitrogen and oxygen atoms in total. The van der Waals surface area contributed by atoms with Crippen LogP contribution in [-0.4, -0.2) is 12.2 Å². The van der Waals surface area contributed by atoms with Crippen molar-refractivity contribution in [3.05, 3.63) is 29.3 Å². The maximum atomic E-state index is 7.88. The summed E-state index contributed by atoms with van der Waals surface area (Å²) >= 11 is 0. The number of benzene rings is 1. The molecule has 2 heteroatoms. The second-order valence-corrected chi connectivity index (χ2v) is 3.84. The van der Waals surface area contributed by atoms with E-state index in [1.165, 1.54) is 11.1 Å². The summed E-state index contributed by atoms with van der Waals surface area (Å²) in [7, 11) is 1.70. The highest BCUT2D eigenvalue weighted by Crippen LogP contribution is 2.20. The van der Waals surface area contributed by atoms with E-state index < -0.39 is 0 Å². The summed E-state index contributed by atoms with van der Waals surface area (Å²) in [6.07, 6.45) is 1.82. The second kappa shape index (κ2) is 17.4. The number of rotatable bonds is 1. The molecule has 1 aromatic carbocycles. The molecule has 0 radical (unpaired) electrons. The molecule has 0 aliphatic carbocycles. The molecular formula is C18H32O2. The van der Waals surface area contributed by atoms with E-state index in [4.69, 9.17) is 9.84 Å². The minimum atomic E-state index is 0.287. The summed E-state index contributed by atoms with van der Waals surface area (Å²) in [6.45, 7) is 15.9. The summed E-state index contributed by atoms with van der Waals surface area (Å²) in [4.78, 5) is 0. The number of ether oxygens (including phenoxy) is 1. The predicted octanol–water partition coefficient (Wildman–Crippen LogP) is 5.34. The third-order valence-corrected chi connectivity index (χ3v) is 1.97. The molecule has 1 rings (SSSR count). The number of hydrogen-bond acceptors (Lipinski definition) is 2. The molecule has 0 saturated carbocycles. The second-order valence-electron chi connectivity index (χ2n) is 3.84. The van der Waals surface area contributed by atoms with E-state index in [-0.39, 0.29) is 5.92 Å². The Balaban J connectivity index is -0.000000250. The lowest BCUT2D eigenvalue weighted by Crippen LogP contribution is -1.89. The van der Waals surface area contributed by atoms with Gasteiger partial charge in [0, 0.05) is 5.92 Å². The lowest BCUT2D eigenvalue weighted by Gasteiger charge is -2.06. The quantitative estimate of drug-likeness (QED) is 0.703. The first-order chi connectivity index (χ1) is 9.52. The molecule has 0 heterocycles. The van der Waals surface area contributed by atoms with Gasteiger partial charge in [-0.1, -0.05) is 65.7 Å². The summed E-state index contributed by atoms with van der Waals surface area (Å²) in [5, 5.41) is 7.88. The Labute approximate surface area is 126 Å². The van der Waals surface area contributed by atoms with E-state index in [0.717, 1.165) is 5.75 Å². The van der Waals surface area contributed by atoms with Gasteiger partial charge in [-0.25, -0.2) is 0 Å². The molecule has 0 aliphatic rings. The van der Waals surface area contributed by atoms with Crippen LogP contribution in [-0.2, 0) is 0 Å². The smallest absolute Gasteiger partial charge is 0.124 e. The molecule has 0 saturated heterocycles. The maximum absolute atomic E-state index is 7.88. The lowest BCUT2D eigenvalue weighted by molar-refractivity contribution is 0.408. The normalized spacial score (nSPS) is 7.50. The van der Waals surface area contributed by atoms with Crippen LogP contribution in [0.25, 0.3) is 0 Å². The lowest BCUT2D eigenvalue weighted by atomic mass is 10.1. The van der Waals surface area contributed by atoms with Crippen LogP contribution in [0.4, 0.5) is 0 Å². The van der Waals surface area contributed by atoms with E-state index in [0.29, 0.717) is 0 Å². The highest BCUT2D eigenvalue weighted by molar-refractivity contribution is 5.39. The van der Waals surface area contributed by atoms with Gasteiger partial charge in [0.25, 0.3) is 0 Å². The topological polar surface area (TPSA) is 29.5 Å². The van der Waals surface area contributed by atoms with Crippen LogP contribution in [0.2, 0.25) is 0 Å². The first kappa shape index (κ1) is 23.5. The fourth-order valence-corrected chi connectivity index (χ4v) is 1.25. The van der Waals surface area contributed by atoms with E-state index in [1.54, 1.807) is 7.11 Å². The number of methoxy groups -OCH3 is 1. The van der Waals surface area contributed by atoms with Crippen LogP contribution in [0.1, 0.15) is 52.7 Å². The van der Waals surface area contributed by atoms with Gasteiger partial charge in [0.1, 0.15) is 11.9 Å². The molecule has 0 atom stereocenters. The summed E-state index contributed by atoms with van der Waals surface area (Å²) in [5.41, 5.74) is 2.39. The van der Waals surface area contributed by atoms with Gasteiger partial charge in [-0.3, -0.25) is 0 Å². The maximum Gasteiger partial charge on any atom is 0.124 e. The molecule has 0 aromatic heterocycles. The highest BCUT2D eigenvalue weighted by Gasteiger charge is 1.98. The van der Waals surface area contributed by atoms with Crippen LogP contribution in [0, 0.1) is 31.8 Å². The molecule has 20 heavy (non-hydrogen) atoms. The van der Waals surface area contributed by atoms with Gasteiger partial charge in [0.05, 0.1) is 7.11 Å². The van der Waals surface area contributed by atoms with Crippen LogP contribution in [0.15, 0.2) is 18.2 Å². The van der Waals surface area contributed by atoms with E-state index in [9.17, 15) is 0 Å². The van der Waals surface area contributed by atoms with Gasteiger partial charge >= 0.3 is 0 Å². The van der Waals surface area contributed by atoms with Crippen LogP contribution in [0.3, 0.4) is 0 Å². The molecule has 1 N–H and O–H groups in total. The number of aliphatic hydroxyl groups excluding tert-OH is 1. The van der Waals surface area contributed by atoms with E-state index in [2.05, 4.69) is 5.92 Å². The molecule has 0 amide bonds. The molecule has 0 aliphatic heterocycles. The van der Waals surface area contributed by atoms with Crippen molar-refractivity contribution in [2.45, 2.75) is 55.4 Å². The van der Waals surface area contributed by atoms with Gasteiger partial charge in [-0.15, -0.1) is 0 Å². The largest absolute Gasteiger partial charge is 0.496 e. The Kier molecular flexibility index (Phi) is 20.4. The SMILES string of the molecule is CC.CC.CC(C)C#CO.COc1c(C)cccc1C. The number of para-hydroxylation sites is 1. The van der Waals surface area contributed by atoms with E-state index >= 15 is 0 Å². The van der Waals surface area contributed by atoms with Crippen molar-refractivity contribution in [1.82, 2.24) is 0 Å². The molecule has 0 spiro atoms. The fraction of sp³-hybridized carbons (Fsp3) is 0.556. The van der Waals surface area contributed by atoms with Gasteiger partial charge in [-0.05, 0) is 25.0 Å². The monoisotopic (exact) mass is 280 g/mol. The van der Waals surface area contributed by atoms with Crippen molar-refractivity contribution in [3.63, 3.8) is 0 Å². The van der Waals surface area contributed by atoms with Gasteiger partial charge in [0.15, 0.2) is 0 Å². The predicted molar refractivity (Wildman–Crippen MR) is 89.7 cm³/mol. The third kappa shape index (κ3) is 12.8. The van der Waals surface area contributed by atoms with Crippen molar-refractivity contribution in [3.8, 4) is 17.8 Å². The third-order valence-electron chi connectivity index (χ3n) is 1.97. The molecule has 116 valence electrons. The molecular weight excluding hydrogens is 248 g/mol. The summed E-state index contributed by atoms with van der Waals surface area (Å²) in [6, 6.07) is 6.13. The van der Waals surface area contributed by atoms with Crippen molar-refractivity contribution in [2.75, 3.05) is 7.11 Å². The Morgan fingerprint density at radius 3 is 1.55 bits per heavy atom. The standard InChI is InChI=1S/C9H12O.C5H8O.2C2H6/c1-7-5-4-6-8(2)9(7)10-3;1-5(2)3-4-6;2*1-2/h4-6H,1-3H3;5-6H,1-2H3;2*1-2H3. The zero-order valence-corrected chi connectivity index (χ0v) is 14.7. The van der Waals surface area contributed by atoms with Gasteiger partial charge in [-0.2, -0.15) is 0 Å². The number of aliphatic hydroxyl groups is 1. The van der Waals surface area contributed by atoms with E-state index in [1.807, 2.05) is 79.7 Å². The van der Waals surface area contributed by atoms with Crippen LogP contribution >= 0.6 is 0 Å². The highest BCUT2D eigenvalue weighted by atomic mass is 16.5. The molecule has 0 fully saturated rings. The average molecular weight is 280 g/mol. The van der Waals surface area contributed by atoms with Crippen molar-refractivity contribution in [1.29, 1.82) is 0 Å². The Morgan fingerprint density at radius 1 is 1.00 bits per heavy atom.